The van der Waals surface area contributed by atoms with Gasteiger partial charge in [0, 0.05) is 30.5 Å². The summed E-state index contributed by atoms with van der Waals surface area (Å²) in [5, 5.41) is 14.4. The standard InChI is InChI=1S/C23H27N5O/c1-4-28(5-2)20-13-11-19(12-14-20)25-23(29)21-15-16-22(27-26-21)24-17(3)18-9-7-6-8-10-18/h6-17H,4-5H2,1-3H3,(H,24,27)(H,25,29). The van der Waals surface area contributed by atoms with E-state index < -0.39 is 0 Å². The van der Waals surface area contributed by atoms with Crippen molar-refractivity contribution in [2.24, 2.45) is 0 Å². The Morgan fingerprint density at radius 3 is 2.21 bits per heavy atom. The van der Waals surface area contributed by atoms with Crippen LogP contribution in [0.15, 0.2) is 66.7 Å². The molecule has 6 heteroatoms. The topological polar surface area (TPSA) is 70.2 Å². The van der Waals surface area contributed by atoms with Crippen LogP contribution in [-0.4, -0.2) is 29.2 Å². The summed E-state index contributed by atoms with van der Waals surface area (Å²) in [6.07, 6.45) is 0. The van der Waals surface area contributed by atoms with Gasteiger partial charge in [0.1, 0.15) is 5.82 Å². The second-order valence-electron chi connectivity index (χ2n) is 6.75. The zero-order valence-corrected chi connectivity index (χ0v) is 17.1. The number of nitrogens with one attached hydrogen (secondary N) is 2. The lowest BCUT2D eigenvalue weighted by Gasteiger charge is -2.21. The largest absolute Gasteiger partial charge is 0.372 e. The zero-order valence-electron chi connectivity index (χ0n) is 17.1. The SMILES string of the molecule is CCN(CC)c1ccc(NC(=O)c2ccc(NC(C)c3ccccc3)nn2)cc1. The van der Waals surface area contributed by atoms with E-state index in [1.807, 2.05) is 42.5 Å². The third kappa shape index (κ3) is 5.31. The van der Waals surface area contributed by atoms with Gasteiger partial charge in [0.05, 0.1) is 0 Å². The minimum absolute atomic E-state index is 0.0921. The molecule has 3 aromatic rings. The molecule has 1 heterocycles. The van der Waals surface area contributed by atoms with Crippen LogP contribution in [0, 0.1) is 0 Å². The van der Waals surface area contributed by atoms with Crippen molar-refractivity contribution >= 4 is 23.1 Å². The highest BCUT2D eigenvalue weighted by molar-refractivity contribution is 6.02. The van der Waals surface area contributed by atoms with Gasteiger partial charge in [-0.2, -0.15) is 0 Å². The number of hydrogen-bond acceptors (Lipinski definition) is 5. The summed E-state index contributed by atoms with van der Waals surface area (Å²) >= 11 is 0. The Bertz CT molecular complexity index is 906. The van der Waals surface area contributed by atoms with E-state index in [4.69, 9.17) is 0 Å². The van der Waals surface area contributed by atoms with Gasteiger partial charge in [0.15, 0.2) is 5.69 Å². The summed E-state index contributed by atoms with van der Waals surface area (Å²) in [5.41, 5.74) is 3.29. The molecule has 0 saturated heterocycles. The molecule has 1 aromatic heterocycles. The summed E-state index contributed by atoms with van der Waals surface area (Å²) < 4.78 is 0. The molecule has 0 spiro atoms. The first-order chi connectivity index (χ1) is 14.1. The normalized spacial score (nSPS) is 11.6. The highest BCUT2D eigenvalue weighted by Gasteiger charge is 2.11. The monoisotopic (exact) mass is 389 g/mol. The number of carbonyl (C=O) groups excluding carboxylic acids is 1. The number of aromatic nitrogens is 2. The molecule has 0 fully saturated rings. The van der Waals surface area contributed by atoms with E-state index in [0.29, 0.717) is 5.82 Å². The molecule has 1 amide bonds. The summed E-state index contributed by atoms with van der Waals surface area (Å²) in [4.78, 5) is 14.7. The maximum absolute atomic E-state index is 12.5. The first kappa shape index (κ1) is 20.3. The summed E-state index contributed by atoms with van der Waals surface area (Å²) in [6.45, 7) is 8.19. The highest BCUT2D eigenvalue weighted by atomic mass is 16.1. The molecular formula is C23H27N5O. The van der Waals surface area contributed by atoms with E-state index in [1.165, 1.54) is 0 Å². The van der Waals surface area contributed by atoms with Crippen molar-refractivity contribution in [2.45, 2.75) is 26.8 Å². The summed E-state index contributed by atoms with van der Waals surface area (Å²) in [6, 6.07) is 21.4. The Labute approximate surface area is 172 Å². The van der Waals surface area contributed by atoms with Crippen LogP contribution < -0.4 is 15.5 Å². The van der Waals surface area contributed by atoms with Crippen molar-refractivity contribution in [3.05, 3.63) is 78.0 Å². The van der Waals surface area contributed by atoms with Gasteiger partial charge in [-0.25, -0.2) is 0 Å². The Kier molecular flexibility index (Phi) is 6.79. The fraction of sp³-hybridized carbons (Fsp3) is 0.261. The molecule has 29 heavy (non-hydrogen) atoms. The predicted molar refractivity (Wildman–Crippen MR) is 118 cm³/mol. The first-order valence-corrected chi connectivity index (χ1v) is 9.92. The van der Waals surface area contributed by atoms with E-state index in [-0.39, 0.29) is 17.6 Å². The van der Waals surface area contributed by atoms with Gasteiger partial charge >= 0.3 is 0 Å². The third-order valence-corrected chi connectivity index (χ3v) is 4.81. The molecule has 1 unspecified atom stereocenters. The fourth-order valence-electron chi connectivity index (χ4n) is 3.12. The van der Waals surface area contributed by atoms with E-state index in [2.05, 4.69) is 58.6 Å². The molecule has 0 bridgehead atoms. The van der Waals surface area contributed by atoms with Gasteiger partial charge in [0.2, 0.25) is 0 Å². The smallest absolute Gasteiger partial charge is 0.276 e. The van der Waals surface area contributed by atoms with E-state index in [0.717, 1.165) is 30.0 Å². The van der Waals surface area contributed by atoms with Crippen molar-refractivity contribution in [1.82, 2.24) is 10.2 Å². The molecule has 0 aliphatic rings. The van der Waals surface area contributed by atoms with Gasteiger partial charge in [-0.15, -0.1) is 10.2 Å². The second kappa shape index (κ2) is 9.68. The van der Waals surface area contributed by atoms with Crippen LogP contribution in [0.2, 0.25) is 0 Å². The number of nitrogens with zero attached hydrogens (tertiary/aromatic N) is 3. The first-order valence-electron chi connectivity index (χ1n) is 9.92. The lowest BCUT2D eigenvalue weighted by Crippen LogP contribution is -2.21. The third-order valence-electron chi connectivity index (χ3n) is 4.81. The fourth-order valence-corrected chi connectivity index (χ4v) is 3.12. The molecule has 0 aliphatic carbocycles. The van der Waals surface area contributed by atoms with Gasteiger partial charge < -0.3 is 15.5 Å². The van der Waals surface area contributed by atoms with Crippen molar-refractivity contribution in [1.29, 1.82) is 0 Å². The van der Waals surface area contributed by atoms with E-state index >= 15 is 0 Å². The molecule has 1 atom stereocenters. The summed E-state index contributed by atoms with van der Waals surface area (Å²) in [7, 11) is 0. The van der Waals surface area contributed by atoms with E-state index in [9.17, 15) is 4.79 Å². The lowest BCUT2D eigenvalue weighted by atomic mass is 10.1. The van der Waals surface area contributed by atoms with Gasteiger partial charge in [0.25, 0.3) is 5.91 Å². The van der Waals surface area contributed by atoms with Crippen molar-refractivity contribution in [3.8, 4) is 0 Å². The molecule has 0 saturated carbocycles. The molecule has 2 aromatic carbocycles. The van der Waals surface area contributed by atoms with Crippen molar-refractivity contribution < 1.29 is 4.79 Å². The number of rotatable bonds is 8. The molecule has 2 N–H and O–H groups in total. The molecular weight excluding hydrogens is 362 g/mol. The quantitative estimate of drug-likeness (QED) is 0.582. The average molecular weight is 390 g/mol. The van der Waals surface area contributed by atoms with Crippen LogP contribution >= 0.6 is 0 Å². The van der Waals surface area contributed by atoms with Crippen molar-refractivity contribution in [2.75, 3.05) is 28.6 Å². The number of benzene rings is 2. The van der Waals surface area contributed by atoms with Crippen LogP contribution in [0.3, 0.4) is 0 Å². The van der Waals surface area contributed by atoms with Crippen LogP contribution in [0.5, 0.6) is 0 Å². The summed E-state index contributed by atoms with van der Waals surface area (Å²) in [5.74, 6) is 0.345. The number of amides is 1. The molecule has 6 nitrogen and oxygen atoms in total. The maximum atomic E-state index is 12.5. The van der Waals surface area contributed by atoms with Gasteiger partial charge in [-0.05, 0) is 62.7 Å². The van der Waals surface area contributed by atoms with Crippen LogP contribution in [0.1, 0.15) is 42.9 Å². The predicted octanol–water partition coefficient (Wildman–Crippen LogP) is 4.75. The van der Waals surface area contributed by atoms with Gasteiger partial charge in [-0.1, -0.05) is 30.3 Å². The Morgan fingerprint density at radius 2 is 1.62 bits per heavy atom. The second-order valence-corrected chi connectivity index (χ2v) is 6.75. The maximum Gasteiger partial charge on any atom is 0.276 e. The average Bonchev–Trinajstić information content (AvgIpc) is 2.77. The van der Waals surface area contributed by atoms with Crippen molar-refractivity contribution in [3.63, 3.8) is 0 Å². The minimum atomic E-state index is -0.282. The zero-order chi connectivity index (χ0) is 20.6. The highest BCUT2D eigenvalue weighted by Crippen LogP contribution is 2.19. The Balaban J connectivity index is 1.60. The molecule has 0 radical (unpaired) electrons. The van der Waals surface area contributed by atoms with Crippen LogP contribution in [0.25, 0.3) is 0 Å². The molecule has 0 aliphatic heterocycles. The Hall–Kier alpha value is -3.41. The van der Waals surface area contributed by atoms with Crippen LogP contribution in [-0.2, 0) is 0 Å². The lowest BCUT2D eigenvalue weighted by molar-refractivity contribution is 0.102. The van der Waals surface area contributed by atoms with E-state index in [1.54, 1.807) is 12.1 Å². The minimum Gasteiger partial charge on any atom is -0.372 e. The number of carbonyl (C=O) groups is 1. The molecule has 3 rings (SSSR count). The number of anilines is 3. The number of hydrogen-bond donors (Lipinski definition) is 2. The van der Waals surface area contributed by atoms with Gasteiger partial charge in [-0.3, -0.25) is 4.79 Å². The van der Waals surface area contributed by atoms with Crippen LogP contribution in [0.4, 0.5) is 17.2 Å². The Morgan fingerprint density at radius 1 is 0.931 bits per heavy atom. The molecule has 150 valence electrons.